The lowest BCUT2D eigenvalue weighted by Crippen LogP contribution is -2.41. The fourth-order valence-electron chi connectivity index (χ4n) is 2.56. The number of hydrogen-bond donors (Lipinski definition) is 2. The molecule has 0 radical (unpaired) electrons. The van der Waals surface area contributed by atoms with Gasteiger partial charge in [0.05, 0.1) is 30.8 Å². The molecule has 1 amide bonds. The maximum Gasteiger partial charge on any atom is 0.269 e. The Labute approximate surface area is 146 Å². The normalized spacial score (nSPS) is 14.9. The van der Waals surface area contributed by atoms with Gasteiger partial charge in [0.15, 0.2) is 0 Å². The molecule has 6 nitrogen and oxygen atoms in total. The molecule has 1 aliphatic heterocycles. The number of nitrogens with zero attached hydrogens (tertiary/aromatic N) is 2. The number of para-hydroxylation sites is 1. The number of carbonyl (C=O) groups is 1. The summed E-state index contributed by atoms with van der Waals surface area (Å²) in [7, 11) is 0. The zero-order valence-electron chi connectivity index (χ0n) is 13.9. The third kappa shape index (κ3) is 4.98. The summed E-state index contributed by atoms with van der Waals surface area (Å²) in [5.74, 6) is -0.557. The maximum atomic E-state index is 13.6. The van der Waals surface area contributed by atoms with Gasteiger partial charge >= 0.3 is 0 Å². The van der Waals surface area contributed by atoms with Crippen molar-refractivity contribution in [3.8, 4) is 0 Å². The average Bonchev–Trinajstić information content (AvgIpc) is 2.65. The van der Waals surface area contributed by atoms with E-state index in [0.29, 0.717) is 23.6 Å². The number of ether oxygens (including phenoxy) is 1. The molecule has 132 valence electrons. The quantitative estimate of drug-likeness (QED) is 0.839. The van der Waals surface area contributed by atoms with Crippen molar-refractivity contribution >= 4 is 17.3 Å². The molecular weight excluding hydrogens is 323 g/mol. The predicted molar refractivity (Wildman–Crippen MR) is 93.5 cm³/mol. The van der Waals surface area contributed by atoms with Crippen LogP contribution in [-0.4, -0.2) is 55.2 Å². The van der Waals surface area contributed by atoms with Crippen molar-refractivity contribution < 1.29 is 13.9 Å². The lowest BCUT2D eigenvalue weighted by molar-refractivity contribution is 0.0383. The molecule has 7 heteroatoms. The Morgan fingerprint density at radius 3 is 2.72 bits per heavy atom. The molecule has 0 aliphatic carbocycles. The number of aromatic nitrogens is 1. The monoisotopic (exact) mass is 344 g/mol. The average molecular weight is 344 g/mol. The minimum absolute atomic E-state index is 0.217. The molecule has 1 fully saturated rings. The fraction of sp³-hybridized carbons (Fsp3) is 0.333. The van der Waals surface area contributed by atoms with Crippen LogP contribution in [0.15, 0.2) is 42.6 Å². The van der Waals surface area contributed by atoms with Gasteiger partial charge < -0.3 is 15.4 Å². The molecule has 0 unspecified atom stereocenters. The van der Waals surface area contributed by atoms with E-state index in [2.05, 4.69) is 20.5 Å². The van der Waals surface area contributed by atoms with Crippen LogP contribution >= 0.6 is 0 Å². The van der Waals surface area contributed by atoms with Crippen molar-refractivity contribution in [2.24, 2.45) is 0 Å². The van der Waals surface area contributed by atoms with Gasteiger partial charge in [-0.25, -0.2) is 9.37 Å². The summed E-state index contributed by atoms with van der Waals surface area (Å²) in [6.45, 7) is 4.63. The van der Waals surface area contributed by atoms with Crippen LogP contribution in [0.2, 0.25) is 0 Å². The largest absolute Gasteiger partial charge is 0.379 e. The lowest BCUT2D eigenvalue weighted by Gasteiger charge is -2.26. The number of hydrogen-bond acceptors (Lipinski definition) is 5. The van der Waals surface area contributed by atoms with E-state index in [-0.39, 0.29) is 11.7 Å². The molecule has 0 bridgehead atoms. The Balaban J connectivity index is 1.49. The van der Waals surface area contributed by atoms with Crippen LogP contribution < -0.4 is 10.6 Å². The highest BCUT2D eigenvalue weighted by molar-refractivity contribution is 5.92. The van der Waals surface area contributed by atoms with Gasteiger partial charge in [0.25, 0.3) is 5.91 Å². The molecule has 0 atom stereocenters. The molecule has 2 aromatic rings. The number of benzene rings is 1. The molecule has 1 aliphatic rings. The maximum absolute atomic E-state index is 13.6. The van der Waals surface area contributed by atoms with Crippen molar-refractivity contribution in [3.63, 3.8) is 0 Å². The van der Waals surface area contributed by atoms with E-state index in [1.165, 1.54) is 12.3 Å². The third-order valence-electron chi connectivity index (χ3n) is 3.97. The van der Waals surface area contributed by atoms with Crippen LogP contribution in [0.5, 0.6) is 0 Å². The molecule has 2 heterocycles. The molecular formula is C18H21FN4O2. The van der Waals surface area contributed by atoms with Crippen LogP contribution in [0, 0.1) is 5.82 Å². The van der Waals surface area contributed by atoms with Crippen LogP contribution in [0.4, 0.5) is 15.8 Å². The predicted octanol–water partition coefficient (Wildman–Crippen LogP) is 2.03. The Bertz CT molecular complexity index is 702. The van der Waals surface area contributed by atoms with Gasteiger partial charge in [0.1, 0.15) is 11.5 Å². The van der Waals surface area contributed by atoms with Crippen molar-refractivity contribution in [1.29, 1.82) is 0 Å². The molecule has 0 spiro atoms. The minimum atomic E-state index is -0.340. The number of nitrogens with one attached hydrogen (secondary N) is 2. The molecule has 1 aromatic heterocycles. The first-order chi connectivity index (χ1) is 12.2. The first-order valence-corrected chi connectivity index (χ1v) is 8.28. The summed E-state index contributed by atoms with van der Waals surface area (Å²) in [5, 5.41) is 5.80. The molecule has 1 aromatic carbocycles. The first-order valence-electron chi connectivity index (χ1n) is 8.28. The first kappa shape index (κ1) is 17.3. The number of anilines is 2. The van der Waals surface area contributed by atoms with E-state index in [4.69, 9.17) is 4.74 Å². The Kier molecular flexibility index (Phi) is 5.92. The number of morpholine rings is 1. The van der Waals surface area contributed by atoms with Gasteiger partial charge in [0, 0.05) is 26.2 Å². The van der Waals surface area contributed by atoms with E-state index < -0.39 is 0 Å². The van der Waals surface area contributed by atoms with Gasteiger partial charge in [-0.05, 0) is 24.3 Å². The SMILES string of the molecule is O=C(NCCN1CCOCC1)c1ccc(Nc2ccccc2F)cn1. The summed E-state index contributed by atoms with van der Waals surface area (Å²) < 4.78 is 18.9. The van der Waals surface area contributed by atoms with E-state index in [9.17, 15) is 9.18 Å². The summed E-state index contributed by atoms with van der Waals surface area (Å²) in [4.78, 5) is 18.5. The summed E-state index contributed by atoms with van der Waals surface area (Å²) >= 11 is 0. The Hall–Kier alpha value is -2.51. The number of carbonyl (C=O) groups excluding carboxylic acids is 1. The minimum Gasteiger partial charge on any atom is -0.379 e. The van der Waals surface area contributed by atoms with Crippen molar-refractivity contribution in [3.05, 3.63) is 54.1 Å². The van der Waals surface area contributed by atoms with Gasteiger partial charge in [-0.15, -0.1) is 0 Å². The second-order valence-corrected chi connectivity index (χ2v) is 5.75. The van der Waals surface area contributed by atoms with E-state index in [1.54, 1.807) is 30.3 Å². The summed E-state index contributed by atoms with van der Waals surface area (Å²) in [6, 6.07) is 9.72. The third-order valence-corrected chi connectivity index (χ3v) is 3.97. The van der Waals surface area contributed by atoms with E-state index >= 15 is 0 Å². The van der Waals surface area contributed by atoms with Crippen molar-refractivity contribution in [2.75, 3.05) is 44.7 Å². The van der Waals surface area contributed by atoms with Crippen LogP contribution in [-0.2, 0) is 4.74 Å². The second kappa shape index (κ2) is 8.55. The number of pyridine rings is 1. The van der Waals surface area contributed by atoms with E-state index in [0.717, 1.165) is 32.8 Å². The van der Waals surface area contributed by atoms with Gasteiger partial charge in [-0.3, -0.25) is 9.69 Å². The van der Waals surface area contributed by atoms with Gasteiger partial charge in [-0.1, -0.05) is 12.1 Å². The number of rotatable bonds is 6. The second-order valence-electron chi connectivity index (χ2n) is 5.75. The Morgan fingerprint density at radius 2 is 2.00 bits per heavy atom. The smallest absolute Gasteiger partial charge is 0.269 e. The summed E-state index contributed by atoms with van der Waals surface area (Å²) in [5.41, 5.74) is 1.32. The topological polar surface area (TPSA) is 66.5 Å². The lowest BCUT2D eigenvalue weighted by atomic mass is 10.2. The number of halogens is 1. The highest BCUT2D eigenvalue weighted by Gasteiger charge is 2.11. The highest BCUT2D eigenvalue weighted by Crippen LogP contribution is 2.18. The zero-order chi connectivity index (χ0) is 17.5. The van der Waals surface area contributed by atoms with Crippen LogP contribution in [0.3, 0.4) is 0 Å². The van der Waals surface area contributed by atoms with Crippen LogP contribution in [0.25, 0.3) is 0 Å². The standard InChI is InChI=1S/C18H21FN4O2/c19-15-3-1-2-4-16(15)22-14-5-6-17(21-13-14)18(24)20-7-8-23-9-11-25-12-10-23/h1-6,13,22H,7-12H2,(H,20,24). The molecule has 0 saturated carbocycles. The highest BCUT2D eigenvalue weighted by atomic mass is 19.1. The van der Waals surface area contributed by atoms with Crippen LogP contribution in [0.1, 0.15) is 10.5 Å². The fourth-order valence-corrected chi connectivity index (χ4v) is 2.56. The van der Waals surface area contributed by atoms with E-state index in [1.807, 2.05) is 0 Å². The molecule has 3 rings (SSSR count). The molecule has 1 saturated heterocycles. The summed E-state index contributed by atoms with van der Waals surface area (Å²) in [6.07, 6.45) is 1.52. The molecule has 25 heavy (non-hydrogen) atoms. The molecule has 2 N–H and O–H groups in total. The van der Waals surface area contributed by atoms with Crippen molar-refractivity contribution in [2.45, 2.75) is 0 Å². The van der Waals surface area contributed by atoms with Crippen molar-refractivity contribution in [1.82, 2.24) is 15.2 Å². The number of amides is 1. The van der Waals surface area contributed by atoms with Gasteiger partial charge in [-0.2, -0.15) is 0 Å². The van der Waals surface area contributed by atoms with Gasteiger partial charge in [0.2, 0.25) is 0 Å². The zero-order valence-corrected chi connectivity index (χ0v) is 13.9. The Morgan fingerprint density at radius 1 is 1.20 bits per heavy atom.